The Morgan fingerprint density at radius 3 is 2.69 bits per heavy atom. The van der Waals surface area contributed by atoms with E-state index in [1.165, 1.54) is 6.20 Å². The third kappa shape index (κ3) is 2.63. The lowest BCUT2D eigenvalue weighted by atomic mass is 10.1. The molecule has 1 saturated carbocycles. The molecule has 2 aliphatic rings. The lowest BCUT2D eigenvalue weighted by molar-refractivity contribution is 0.0695. The van der Waals surface area contributed by atoms with Crippen molar-refractivity contribution in [3.8, 4) is 5.75 Å². The average molecular weight is 357 g/mol. The highest BCUT2D eigenvalue weighted by molar-refractivity contribution is 5.97. The maximum absolute atomic E-state index is 12.7. The predicted octanol–water partition coefficient (Wildman–Crippen LogP) is 1.83. The summed E-state index contributed by atoms with van der Waals surface area (Å²) >= 11 is 0. The normalized spacial score (nSPS) is 19.9. The van der Waals surface area contributed by atoms with Crippen molar-refractivity contribution in [2.24, 2.45) is 11.7 Å². The van der Waals surface area contributed by atoms with E-state index in [-0.39, 0.29) is 11.6 Å². The summed E-state index contributed by atoms with van der Waals surface area (Å²) in [6, 6.07) is 3.82. The molecule has 0 spiro atoms. The highest BCUT2D eigenvalue weighted by atomic mass is 16.5. The van der Waals surface area contributed by atoms with Gasteiger partial charge in [0.15, 0.2) is 5.75 Å². The fourth-order valence-corrected chi connectivity index (χ4v) is 3.89. The van der Waals surface area contributed by atoms with Gasteiger partial charge in [0.25, 0.3) is 0 Å². The molecule has 3 N–H and O–H groups in total. The number of carboxylic acid groups (broad SMARTS) is 1. The van der Waals surface area contributed by atoms with Crippen LogP contribution in [0, 0.1) is 5.92 Å². The second kappa shape index (κ2) is 6.32. The van der Waals surface area contributed by atoms with Crippen LogP contribution in [0.25, 0.3) is 10.9 Å². The number of benzene rings is 1. The first-order chi connectivity index (χ1) is 12.5. The van der Waals surface area contributed by atoms with E-state index in [9.17, 15) is 14.7 Å². The van der Waals surface area contributed by atoms with Crippen molar-refractivity contribution >= 4 is 22.6 Å². The highest BCUT2D eigenvalue weighted by Gasteiger charge is 2.31. The Balaban J connectivity index is 1.95. The largest absolute Gasteiger partial charge is 0.492 e. The number of hydrogen-bond acceptors (Lipinski definition) is 5. The van der Waals surface area contributed by atoms with Crippen molar-refractivity contribution in [2.45, 2.75) is 25.3 Å². The topological polar surface area (TPSA) is 97.8 Å². The van der Waals surface area contributed by atoms with Crippen molar-refractivity contribution in [3.05, 3.63) is 34.1 Å². The quantitative estimate of drug-likeness (QED) is 0.847. The number of nitrogens with two attached hydrogens (primary N) is 1. The van der Waals surface area contributed by atoms with Crippen LogP contribution in [0.15, 0.2) is 23.1 Å². The molecule has 4 rings (SSSR count). The van der Waals surface area contributed by atoms with E-state index in [4.69, 9.17) is 10.5 Å². The molecule has 0 bridgehead atoms. The zero-order valence-corrected chi connectivity index (χ0v) is 14.8. The zero-order chi connectivity index (χ0) is 18.4. The number of hydrogen-bond donors (Lipinski definition) is 2. The summed E-state index contributed by atoms with van der Waals surface area (Å²) in [7, 11) is 1.60. The lowest BCUT2D eigenvalue weighted by Gasteiger charge is -2.24. The molecule has 1 aliphatic carbocycles. The van der Waals surface area contributed by atoms with E-state index in [0.29, 0.717) is 29.1 Å². The molecule has 138 valence electrons. The SMILES string of the molecule is COc1c(N2CC[C@@H](CN)C2)ccc2c(=O)c(C(=O)O)cn(C3CC3)c12. The molecule has 1 aromatic carbocycles. The molecule has 26 heavy (non-hydrogen) atoms. The van der Waals surface area contributed by atoms with E-state index in [1.54, 1.807) is 13.2 Å². The van der Waals surface area contributed by atoms with Crippen LogP contribution in [-0.4, -0.2) is 42.4 Å². The molecule has 0 radical (unpaired) electrons. The molecule has 2 fully saturated rings. The van der Waals surface area contributed by atoms with Crippen molar-refractivity contribution in [2.75, 3.05) is 31.6 Å². The van der Waals surface area contributed by atoms with Gasteiger partial charge in [-0.2, -0.15) is 0 Å². The van der Waals surface area contributed by atoms with Gasteiger partial charge in [0.1, 0.15) is 5.56 Å². The van der Waals surface area contributed by atoms with E-state index < -0.39 is 11.4 Å². The van der Waals surface area contributed by atoms with Gasteiger partial charge in [-0.15, -0.1) is 0 Å². The number of rotatable bonds is 5. The maximum atomic E-state index is 12.7. The van der Waals surface area contributed by atoms with Gasteiger partial charge in [0.2, 0.25) is 5.43 Å². The Morgan fingerprint density at radius 2 is 2.12 bits per heavy atom. The molecule has 1 aliphatic heterocycles. The number of carbonyl (C=O) groups is 1. The fraction of sp³-hybridized carbons (Fsp3) is 0.474. The van der Waals surface area contributed by atoms with Crippen molar-refractivity contribution in [3.63, 3.8) is 0 Å². The minimum Gasteiger partial charge on any atom is -0.492 e. The van der Waals surface area contributed by atoms with Crippen LogP contribution < -0.4 is 20.8 Å². The minimum atomic E-state index is -1.19. The van der Waals surface area contributed by atoms with Crippen molar-refractivity contribution < 1.29 is 14.6 Å². The molecular weight excluding hydrogens is 334 g/mol. The number of nitrogens with zero attached hydrogens (tertiary/aromatic N) is 2. The summed E-state index contributed by atoms with van der Waals surface area (Å²) in [6.45, 7) is 2.41. The second-order valence-corrected chi connectivity index (χ2v) is 7.17. The summed E-state index contributed by atoms with van der Waals surface area (Å²) in [4.78, 5) is 26.4. The average Bonchev–Trinajstić information content (AvgIpc) is 3.37. The molecule has 2 heterocycles. The van der Waals surface area contributed by atoms with E-state index >= 15 is 0 Å². The van der Waals surface area contributed by atoms with E-state index in [0.717, 1.165) is 38.0 Å². The third-order valence-electron chi connectivity index (χ3n) is 5.46. The standard InChI is InChI=1S/C19H23N3O4/c1-26-18-15(21-7-6-11(8-20)9-21)5-4-13-16(18)22(12-2-3-12)10-14(17(13)23)19(24)25/h4-5,10-12H,2-3,6-9,20H2,1H3,(H,24,25)/t11-/m0/s1. The Hall–Kier alpha value is -2.54. The molecule has 7 heteroatoms. The summed E-state index contributed by atoms with van der Waals surface area (Å²) in [5.41, 5.74) is 6.79. The van der Waals surface area contributed by atoms with Gasteiger partial charge in [-0.3, -0.25) is 4.79 Å². The molecule has 0 amide bonds. The number of ether oxygens (including phenoxy) is 1. The number of methoxy groups -OCH3 is 1. The first kappa shape index (κ1) is 16.9. The molecule has 2 aromatic rings. The monoisotopic (exact) mass is 357 g/mol. The first-order valence-electron chi connectivity index (χ1n) is 8.99. The summed E-state index contributed by atoms with van der Waals surface area (Å²) in [5, 5.41) is 9.79. The summed E-state index contributed by atoms with van der Waals surface area (Å²) < 4.78 is 7.65. The number of anilines is 1. The highest BCUT2D eigenvalue weighted by Crippen LogP contribution is 2.43. The van der Waals surface area contributed by atoms with Crippen molar-refractivity contribution in [1.29, 1.82) is 0 Å². The minimum absolute atomic E-state index is 0.191. The fourth-order valence-electron chi connectivity index (χ4n) is 3.89. The van der Waals surface area contributed by atoms with Crippen LogP contribution in [0.1, 0.15) is 35.7 Å². The van der Waals surface area contributed by atoms with E-state index in [1.807, 2.05) is 10.6 Å². The first-order valence-corrected chi connectivity index (χ1v) is 8.99. The Bertz CT molecular complexity index is 933. The summed E-state index contributed by atoms with van der Waals surface area (Å²) in [6.07, 6.45) is 4.46. The van der Waals surface area contributed by atoms with Crippen LogP contribution in [0.3, 0.4) is 0 Å². The Labute approximate surface area is 151 Å². The Kier molecular flexibility index (Phi) is 4.11. The number of pyridine rings is 1. The molecule has 0 unspecified atom stereocenters. The molecule has 1 atom stereocenters. The van der Waals surface area contributed by atoms with E-state index in [2.05, 4.69) is 4.90 Å². The number of aromatic nitrogens is 1. The van der Waals surface area contributed by atoms with Gasteiger partial charge in [-0.25, -0.2) is 4.79 Å². The van der Waals surface area contributed by atoms with Crippen LogP contribution in [0.4, 0.5) is 5.69 Å². The number of aromatic carboxylic acids is 1. The molecule has 7 nitrogen and oxygen atoms in total. The van der Waals surface area contributed by atoms with Gasteiger partial charge < -0.3 is 25.0 Å². The molecular formula is C19H23N3O4. The zero-order valence-electron chi connectivity index (χ0n) is 14.8. The van der Waals surface area contributed by atoms with Crippen LogP contribution >= 0.6 is 0 Å². The van der Waals surface area contributed by atoms with Gasteiger partial charge in [0, 0.05) is 25.3 Å². The number of fused-ring (bicyclic) bond motifs is 1. The summed E-state index contributed by atoms with van der Waals surface area (Å²) in [5.74, 6) is -0.101. The third-order valence-corrected chi connectivity index (χ3v) is 5.46. The molecule has 1 saturated heterocycles. The lowest BCUT2D eigenvalue weighted by Crippen LogP contribution is -2.24. The van der Waals surface area contributed by atoms with Crippen LogP contribution in [0.2, 0.25) is 0 Å². The number of carboxylic acids is 1. The van der Waals surface area contributed by atoms with Gasteiger partial charge in [-0.05, 0) is 43.9 Å². The van der Waals surface area contributed by atoms with Gasteiger partial charge >= 0.3 is 5.97 Å². The van der Waals surface area contributed by atoms with Gasteiger partial charge in [-0.1, -0.05) is 0 Å². The second-order valence-electron chi connectivity index (χ2n) is 7.17. The Morgan fingerprint density at radius 1 is 1.35 bits per heavy atom. The smallest absolute Gasteiger partial charge is 0.341 e. The van der Waals surface area contributed by atoms with Crippen LogP contribution in [-0.2, 0) is 0 Å². The van der Waals surface area contributed by atoms with Crippen LogP contribution in [0.5, 0.6) is 5.75 Å². The van der Waals surface area contributed by atoms with Crippen molar-refractivity contribution in [1.82, 2.24) is 4.57 Å². The predicted molar refractivity (Wildman–Crippen MR) is 99.4 cm³/mol. The molecule has 1 aromatic heterocycles. The van der Waals surface area contributed by atoms with Gasteiger partial charge in [0.05, 0.1) is 23.7 Å². The maximum Gasteiger partial charge on any atom is 0.341 e.